The van der Waals surface area contributed by atoms with E-state index in [1.54, 1.807) is 0 Å². The number of ketones is 1. The van der Waals surface area contributed by atoms with E-state index >= 15 is 0 Å². The molecule has 1 aliphatic rings. The molecule has 0 saturated heterocycles. The highest BCUT2D eigenvalue weighted by Gasteiger charge is 2.36. The third-order valence-electron chi connectivity index (χ3n) is 2.53. The molecular formula is C11H10ClFOS. The second kappa shape index (κ2) is 3.49. The molecule has 15 heavy (non-hydrogen) atoms. The van der Waals surface area contributed by atoms with Crippen molar-refractivity contribution in [3.63, 3.8) is 0 Å². The normalized spacial score (nSPS) is 18.8. The zero-order chi connectivity index (χ0) is 11.2. The van der Waals surface area contributed by atoms with Gasteiger partial charge < -0.3 is 0 Å². The maximum atomic E-state index is 13.1. The Kier molecular flexibility index (Phi) is 2.55. The molecule has 4 heteroatoms. The Balaban J connectivity index is 2.62. The highest BCUT2D eigenvalue weighted by molar-refractivity contribution is 8.00. The molecule has 2 rings (SSSR count). The van der Waals surface area contributed by atoms with Crippen LogP contribution in [0.15, 0.2) is 12.1 Å². The van der Waals surface area contributed by atoms with Gasteiger partial charge in [-0.15, -0.1) is 11.8 Å². The zero-order valence-electron chi connectivity index (χ0n) is 8.43. The van der Waals surface area contributed by atoms with E-state index in [-0.39, 0.29) is 5.78 Å². The fraction of sp³-hybridized carbons (Fsp3) is 0.364. The molecule has 1 aromatic carbocycles. The minimum absolute atomic E-state index is 0.0462. The van der Waals surface area contributed by atoms with Gasteiger partial charge in [-0.05, 0) is 31.5 Å². The summed E-state index contributed by atoms with van der Waals surface area (Å²) in [6, 6.07) is 2.54. The standard InChI is InChI=1S/C11H10ClFOS/c1-11(2)10(14)7-3-6(13)4-9(12)8(7)5-15-11/h3-4H,5H2,1-2H3. The lowest BCUT2D eigenvalue weighted by Crippen LogP contribution is -2.32. The van der Waals surface area contributed by atoms with Gasteiger partial charge >= 0.3 is 0 Å². The third-order valence-corrected chi connectivity index (χ3v) is 4.21. The summed E-state index contributed by atoms with van der Waals surface area (Å²) in [5.41, 5.74) is 1.19. The van der Waals surface area contributed by atoms with E-state index < -0.39 is 10.6 Å². The van der Waals surface area contributed by atoms with Crippen LogP contribution >= 0.6 is 23.4 Å². The summed E-state index contributed by atoms with van der Waals surface area (Å²) in [5, 5.41) is 0.348. The maximum absolute atomic E-state index is 13.1. The monoisotopic (exact) mass is 244 g/mol. The quantitative estimate of drug-likeness (QED) is 0.693. The van der Waals surface area contributed by atoms with E-state index in [1.165, 1.54) is 23.9 Å². The summed E-state index contributed by atoms with van der Waals surface area (Å²) in [5.74, 6) is 0.164. The summed E-state index contributed by atoms with van der Waals surface area (Å²) >= 11 is 7.44. The molecule has 1 aliphatic heterocycles. The second-order valence-corrected chi connectivity index (χ2v) is 6.05. The van der Waals surface area contributed by atoms with Crippen molar-refractivity contribution >= 4 is 29.1 Å². The Morgan fingerprint density at radius 2 is 2.13 bits per heavy atom. The van der Waals surface area contributed by atoms with Gasteiger partial charge in [0.1, 0.15) is 5.82 Å². The highest BCUT2D eigenvalue weighted by Crippen LogP contribution is 2.40. The average molecular weight is 245 g/mol. The Labute approximate surface area is 97.0 Å². The molecule has 0 atom stereocenters. The zero-order valence-corrected chi connectivity index (χ0v) is 10.0. The minimum Gasteiger partial charge on any atom is -0.293 e. The van der Waals surface area contributed by atoms with Crippen molar-refractivity contribution in [3.05, 3.63) is 34.1 Å². The van der Waals surface area contributed by atoms with Gasteiger partial charge in [-0.25, -0.2) is 4.39 Å². The molecule has 0 unspecified atom stereocenters. The Morgan fingerprint density at radius 1 is 1.47 bits per heavy atom. The fourth-order valence-electron chi connectivity index (χ4n) is 1.60. The van der Waals surface area contributed by atoms with Crippen molar-refractivity contribution in [2.24, 2.45) is 0 Å². The molecule has 0 radical (unpaired) electrons. The Morgan fingerprint density at radius 3 is 2.80 bits per heavy atom. The summed E-state index contributed by atoms with van der Waals surface area (Å²) in [6.45, 7) is 3.70. The lowest BCUT2D eigenvalue weighted by atomic mass is 9.95. The number of halogens is 2. The van der Waals surface area contributed by atoms with E-state index in [0.717, 1.165) is 5.56 Å². The van der Waals surface area contributed by atoms with E-state index in [9.17, 15) is 9.18 Å². The SMILES string of the molecule is CC1(C)SCc2c(Cl)cc(F)cc2C1=O. The molecule has 0 aromatic heterocycles. The predicted octanol–water partition coefficient (Wildman–Crippen LogP) is 3.69. The van der Waals surface area contributed by atoms with Crippen LogP contribution in [0.1, 0.15) is 29.8 Å². The van der Waals surface area contributed by atoms with Crippen LogP contribution in [0, 0.1) is 5.82 Å². The van der Waals surface area contributed by atoms with Gasteiger partial charge in [-0.1, -0.05) is 11.6 Å². The number of fused-ring (bicyclic) bond motifs is 1. The summed E-state index contributed by atoms with van der Waals surface area (Å²) in [4.78, 5) is 12.0. The lowest BCUT2D eigenvalue weighted by Gasteiger charge is -2.29. The molecule has 1 aromatic rings. The molecule has 80 valence electrons. The molecule has 0 amide bonds. The maximum Gasteiger partial charge on any atom is 0.178 e. The first-order valence-electron chi connectivity index (χ1n) is 4.58. The molecule has 1 nitrogen and oxygen atoms in total. The smallest absolute Gasteiger partial charge is 0.178 e. The molecule has 0 fully saturated rings. The number of rotatable bonds is 0. The van der Waals surface area contributed by atoms with E-state index in [1.807, 2.05) is 13.8 Å². The Hall–Kier alpha value is -0.540. The fourth-order valence-corrected chi connectivity index (χ4v) is 3.00. The largest absolute Gasteiger partial charge is 0.293 e. The number of hydrogen-bond donors (Lipinski definition) is 0. The molecule has 0 spiro atoms. The molecule has 0 saturated carbocycles. The van der Waals surface area contributed by atoms with Crippen LogP contribution < -0.4 is 0 Å². The topological polar surface area (TPSA) is 17.1 Å². The molecule has 0 N–H and O–H groups in total. The highest BCUT2D eigenvalue weighted by atomic mass is 35.5. The van der Waals surface area contributed by atoms with Gasteiger partial charge in [0.05, 0.1) is 4.75 Å². The summed E-state index contributed by atoms with van der Waals surface area (Å²) < 4.78 is 12.7. The van der Waals surface area contributed by atoms with Gasteiger partial charge in [0.2, 0.25) is 0 Å². The number of Topliss-reactive ketones (excluding diaryl/α,β-unsaturated/α-hetero) is 1. The van der Waals surface area contributed by atoms with Gasteiger partial charge in [0.15, 0.2) is 5.78 Å². The van der Waals surface area contributed by atoms with Crippen LogP contribution in [0.5, 0.6) is 0 Å². The Bertz CT molecular complexity index is 442. The van der Waals surface area contributed by atoms with Gasteiger partial charge in [-0.2, -0.15) is 0 Å². The van der Waals surface area contributed by atoms with Crippen molar-refractivity contribution in [3.8, 4) is 0 Å². The van der Waals surface area contributed by atoms with Crippen LogP contribution in [0.4, 0.5) is 4.39 Å². The number of carbonyl (C=O) groups excluding carboxylic acids is 1. The lowest BCUT2D eigenvalue weighted by molar-refractivity contribution is 0.0955. The molecule has 0 aliphatic carbocycles. The van der Waals surface area contributed by atoms with Crippen LogP contribution in [0.25, 0.3) is 0 Å². The number of hydrogen-bond acceptors (Lipinski definition) is 2. The van der Waals surface area contributed by atoms with Crippen molar-refractivity contribution in [1.82, 2.24) is 0 Å². The summed E-state index contributed by atoms with van der Waals surface area (Å²) in [6.07, 6.45) is 0. The predicted molar refractivity (Wildman–Crippen MR) is 61.1 cm³/mol. The van der Waals surface area contributed by atoms with Crippen LogP contribution in [-0.2, 0) is 5.75 Å². The van der Waals surface area contributed by atoms with E-state index in [0.29, 0.717) is 16.3 Å². The second-order valence-electron chi connectivity index (χ2n) is 4.04. The number of benzene rings is 1. The van der Waals surface area contributed by atoms with E-state index in [4.69, 9.17) is 11.6 Å². The first kappa shape index (κ1) is 11.0. The number of thioether (sulfide) groups is 1. The molecule has 1 heterocycles. The minimum atomic E-state index is -0.482. The molecular weight excluding hydrogens is 235 g/mol. The first-order chi connectivity index (χ1) is 6.92. The number of carbonyl (C=O) groups is 1. The summed E-state index contributed by atoms with van der Waals surface area (Å²) in [7, 11) is 0. The third kappa shape index (κ3) is 1.79. The van der Waals surface area contributed by atoms with Crippen LogP contribution in [-0.4, -0.2) is 10.5 Å². The van der Waals surface area contributed by atoms with E-state index in [2.05, 4.69) is 0 Å². The van der Waals surface area contributed by atoms with Crippen molar-refractivity contribution < 1.29 is 9.18 Å². The van der Waals surface area contributed by atoms with Crippen molar-refractivity contribution in [2.45, 2.75) is 24.3 Å². The van der Waals surface area contributed by atoms with Crippen LogP contribution in [0.2, 0.25) is 5.02 Å². The van der Waals surface area contributed by atoms with Gasteiger partial charge in [0, 0.05) is 16.3 Å². The first-order valence-corrected chi connectivity index (χ1v) is 5.95. The van der Waals surface area contributed by atoms with Gasteiger partial charge in [0.25, 0.3) is 0 Å². The van der Waals surface area contributed by atoms with Crippen LogP contribution in [0.3, 0.4) is 0 Å². The van der Waals surface area contributed by atoms with Crippen molar-refractivity contribution in [2.75, 3.05) is 0 Å². The average Bonchev–Trinajstić information content (AvgIpc) is 2.12. The van der Waals surface area contributed by atoms with Crippen molar-refractivity contribution in [1.29, 1.82) is 0 Å². The van der Waals surface area contributed by atoms with Gasteiger partial charge in [-0.3, -0.25) is 4.79 Å². The molecule has 0 bridgehead atoms.